The van der Waals surface area contributed by atoms with Crippen LogP contribution in [0, 0.1) is 0 Å². The lowest BCUT2D eigenvalue weighted by Crippen LogP contribution is -2.38. The third-order valence-corrected chi connectivity index (χ3v) is 5.11. The molecule has 0 radical (unpaired) electrons. The van der Waals surface area contributed by atoms with Gasteiger partial charge in [0.15, 0.2) is 0 Å². The molecule has 0 unspecified atom stereocenters. The zero-order chi connectivity index (χ0) is 17.7. The zero-order valence-corrected chi connectivity index (χ0v) is 14.3. The van der Waals surface area contributed by atoms with Crippen LogP contribution in [0.1, 0.15) is 18.0 Å². The van der Waals surface area contributed by atoms with Gasteiger partial charge in [-0.1, -0.05) is 54.6 Å². The monoisotopic (exact) mass is 348 g/mol. The molecule has 0 heterocycles. The summed E-state index contributed by atoms with van der Waals surface area (Å²) in [5.74, 6) is -1.08. The second kappa shape index (κ2) is 7.57. The summed E-state index contributed by atoms with van der Waals surface area (Å²) in [4.78, 5) is 11.1. The topological polar surface area (TPSA) is 86.7 Å². The molecule has 0 saturated heterocycles. The van der Waals surface area contributed by atoms with E-state index in [1.165, 1.54) is 14.1 Å². The predicted octanol–water partition coefficient (Wildman–Crippen LogP) is 2.27. The Balaban J connectivity index is 2.28. The van der Waals surface area contributed by atoms with Gasteiger partial charge in [-0.2, -0.15) is 17.4 Å². The second-order valence-corrected chi connectivity index (χ2v) is 7.46. The minimum atomic E-state index is -3.73. The van der Waals surface area contributed by atoms with E-state index in [9.17, 15) is 13.2 Å². The van der Waals surface area contributed by atoms with Gasteiger partial charge >= 0.3 is 5.97 Å². The molecule has 2 aromatic carbocycles. The average Bonchev–Trinajstić information content (AvgIpc) is 2.54. The van der Waals surface area contributed by atoms with Crippen LogP contribution >= 0.6 is 0 Å². The number of nitrogens with zero attached hydrogens (tertiary/aromatic N) is 1. The van der Waals surface area contributed by atoms with Gasteiger partial charge in [0.25, 0.3) is 10.2 Å². The minimum Gasteiger partial charge on any atom is -0.481 e. The predicted molar refractivity (Wildman–Crippen MR) is 92.6 cm³/mol. The summed E-state index contributed by atoms with van der Waals surface area (Å²) in [6.07, 6.45) is -0.336. The molecule has 0 aliphatic carbocycles. The van der Waals surface area contributed by atoms with Gasteiger partial charge in [-0.15, -0.1) is 0 Å². The van der Waals surface area contributed by atoms with Crippen LogP contribution in [0.15, 0.2) is 54.6 Å². The van der Waals surface area contributed by atoms with E-state index >= 15 is 0 Å². The lowest BCUT2D eigenvalue weighted by molar-refractivity contribution is -0.137. The Morgan fingerprint density at radius 1 is 1.04 bits per heavy atom. The summed E-state index contributed by atoms with van der Waals surface area (Å²) in [6, 6.07) is 16.1. The van der Waals surface area contributed by atoms with Crippen LogP contribution in [0.2, 0.25) is 0 Å². The number of carboxylic acid groups (broad SMARTS) is 1. The zero-order valence-electron chi connectivity index (χ0n) is 13.5. The Kier molecular flexibility index (Phi) is 5.71. The fourth-order valence-corrected chi connectivity index (χ4v) is 3.02. The molecule has 2 aromatic rings. The first-order valence-electron chi connectivity index (χ1n) is 7.36. The number of carbonyl (C=O) groups is 1. The number of carboxylic acids is 1. The molecule has 24 heavy (non-hydrogen) atoms. The van der Waals surface area contributed by atoms with Crippen LogP contribution in [0.3, 0.4) is 0 Å². The minimum absolute atomic E-state index is 0.336. The van der Waals surface area contributed by atoms with Crippen molar-refractivity contribution in [3.05, 3.63) is 60.2 Å². The highest BCUT2D eigenvalue weighted by atomic mass is 32.2. The van der Waals surface area contributed by atoms with E-state index < -0.39 is 22.2 Å². The molecule has 2 rings (SSSR count). The second-order valence-electron chi connectivity index (χ2n) is 5.54. The van der Waals surface area contributed by atoms with Crippen molar-refractivity contribution in [2.75, 3.05) is 14.1 Å². The molecular formula is C17H20N2O4S. The maximum Gasteiger partial charge on any atom is 0.305 e. The van der Waals surface area contributed by atoms with Crippen LogP contribution in [0.5, 0.6) is 0 Å². The van der Waals surface area contributed by atoms with Crippen molar-refractivity contribution in [3.63, 3.8) is 0 Å². The Hall–Kier alpha value is -2.22. The largest absolute Gasteiger partial charge is 0.481 e. The molecule has 0 aliphatic rings. The molecule has 0 aromatic heterocycles. The summed E-state index contributed by atoms with van der Waals surface area (Å²) in [5, 5.41) is 9.06. The molecule has 2 N–H and O–H groups in total. The van der Waals surface area contributed by atoms with Crippen molar-refractivity contribution >= 4 is 16.2 Å². The normalized spacial score (nSPS) is 13.0. The van der Waals surface area contributed by atoms with Gasteiger partial charge in [0.1, 0.15) is 0 Å². The number of aliphatic carboxylic acids is 1. The van der Waals surface area contributed by atoms with Crippen molar-refractivity contribution < 1.29 is 18.3 Å². The first-order chi connectivity index (χ1) is 11.3. The smallest absolute Gasteiger partial charge is 0.305 e. The van der Waals surface area contributed by atoms with Crippen molar-refractivity contribution in [2.45, 2.75) is 12.5 Å². The van der Waals surface area contributed by atoms with Crippen LogP contribution in [0.25, 0.3) is 11.1 Å². The Bertz CT molecular complexity index is 787. The average molecular weight is 348 g/mol. The quantitative estimate of drug-likeness (QED) is 0.803. The summed E-state index contributed by atoms with van der Waals surface area (Å²) in [6.45, 7) is 0. The number of hydrogen-bond acceptors (Lipinski definition) is 3. The molecule has 6 nitrogen and oxygen atoms in total. The lowest BCUT2D eigenvalue weighted by Gasteiger charge is -2.20. The highest BCUT2D eigenvalue weighted by Crippen LogP contribution is 2.24. The first kappa shape index (κ1) is 18.1. The summed E-state index contributed by atoms with van der Waals surface area (Å²) in [5.41, 5.74) is 2.61. The van der Waals surface area contributed by atoms with Gasteiger partial charge < -0.3 is 5.11 Å². The Labute approximate surface area is 141 Å². The van der Waals surface area contributed by atoms with Gasteiger partial charge in [-0.05, 0) is 16.7 Å². The molecule has 0 aliphatic heterocycles. The SMILES string of the molecule is CN(C)S(=O)(=O)N[C@H](CC(=O)O)c1ccc(-c2ccccc2)cc1. The molecule has 128 valence electrons. The maximum atomic E-state index is 12.0. The third-order valence-electron chi connectivity index (χ3n) is 3.57. The van der Waals surface area contributed by atoms with Gasteiger partial charge in [-0.25, -0.2) is 0 Å². The fourth-order valence-electron chi connectivity index (χ4n) is 2.23. The highest BCUT2D eigenvalue weighted by molar-refractivity contribution is 7.87. The maximum absolute atomic E-state index is 12.0. The van der Waals surface area contributed by atoms with Gasteiger partial charge in [0, 0.05) is 14.1 Å². The Morgan fingerprint density at radius 3 is 2.08 bits per heavy atom. The van der Waals surface area contributed by atoms with Gasteiger partial charge in [0.05, 0.1) is 12.5 Å². The van der Waals surface area contributed by atoms with E-state index in [1.807, 2.05) is 42.5 Å². The molecular weight excluding hydrogens is 328 g/mol. The molecule has 0 saturated carbocycles. The number of benzene rings is 2. The molecule has 1 atom stereocenters. The van der Waals surface area contributed by atoms with E-state index in [2.05, 4.69) is 4.72 Å². The lowest BCUT2D eigenvalue weighted by atomic mass is 10.00. The van der Waals surface area contributed by atoms with E-state index in [4.69, 9.17) is 5.11 Å². The summed E-state index contributed by atoms with van der Waals surface area (Å²) >= 11 is 0. The molecule has 0 spiro atoms. The van der Waals surface area contributed by atoms with E-state index in [-0.39, 0.29) is 6.42 Å². The number of nitrogens with one attached hydrogen (secondary N) is 1. The van der Waals surface area contributed by atoms with Gasteiger partial charge in [-0.3, -0.25) is 4.79 Å². The number of hydrogen-bond donors (Lipinski definition) is 2. The van der Waals surface area contributed by atoms with Crippen molar-refractivity contribution in [1.82, 2.24) is 9.03 Å². The summed E-state index contributed by atoms with van der Waals surface area (Å²) < 4.78 is 27.4. The first-order valence-corrected chi connectivity index (χ1v) is 8.80. The fraction of sp³-hybridized carbons (Fsp3) is 0.235. The van der Waals surface area contributed by atoms with Crippen molar-refractivity contribution in [2.24, 2.45) is 0 Å². The summed E-state index contributed by atoms with van der Waals surface area (Å²) in [7, 11) is -0.958. The third kappa shape index (κ3) is 4.64. The van der Waals surface area contributed by atoms with E-state index in [0.717, 1.165) is 15.4 Å². The Morgan fingerprint density at radius 2 is 1.58 bits per heavy atom. The molecule has 0 fully saturated rings. The van der Waals surface area contributed by atoms with E-state index in [0.29, 0.717) is 5.56 Å². The van der Waals surface area contributed by atoms with E-state index in [1.54, 1.807) is 12.1 Å². The highest BCUT2D eigenvalue weighted by Gasteiger charge is 2.23. The van der Waals surface area contributed by atoms with Crippen LogP contribution in [0.4, 0.5) is 0 Å². The van der Waals surface area contributed by atoms with Crippen LogP contribution in [-0.4, -0.2) is 37.9 Å². The molecule has 7 heteroatoms. The molecule has 0 bridgehead atoms. The van der Waals surface area contributed by atoms with Crippen molar-refractivity contribution in [1.29, 1.82) is 0 Å². The van der Waals surface area contributed by atoms with Crippen LogP contribution < -0.4 is 4.72 Å². The van der Waals surface area contributed by atoms with Crippen molar-refractivity contribution in [3.8, 4) is 11.1 Å². The molecule has 0 amide bonds. The van der Waals surface area contributed by atoms with Gasteiger partial charge in [0.2, 0.25) is 0 Å². The van der Waals surface area contributed by atoms with Crippen LogP contribution in [-0.2, 0) is 15.0 Å². The number of rotatable bonds is 7. The standard InChI is InChI=1S/C17H20N2O4S/c1-19(2)24(22,23)18-16(12-17(20)21)15-10-8-14(9-11-15)13-6-4-3-5-7-13/h3-11,16,18H,12H2,1-2H3,(H,20,21)/t16-/m1/s1.